The first-order valence-electron chi connectivity index (χ1n) is 7.77. The van der Waals surface area contributed by atoms with Crippen LogP contribution in [0.15, 0.2) is 64.6 Å². The van der Waals surface area contributed by atoms with Crippen LogP contribution >= 0.6 is 11.3 Å². The van der Waals surface area contributed by atoms with Gasteiger partial charge in [0.05, 0.1) is 17.7 Å². The van der Waals surface area contributed by atoms with Crippen LogP contribution in [-0.4, -0.2) is 6.54 Å². The van der Waals surface area contributed by atoms with E-state index in [2.05, 4.69) is 60.1 Å². The van der Waals surface area contributed by atoms with Crippen LogP contribution in [0, 0.1) is 6.92 Å². The van der Waals surface area contributed by atoms with Crippen LogP contribution < -0.4 is 5.32 Å². The van der Waals surface area contributed by atoms with Crippen LogP contribution in [-0.2, 0) is 6.54 Å². The number of benzene rings is 1. The maximum Gasteiger partial charge on any atom is 0.111 e. The van der Waals surface area contributed by atoms with E-state index >= 15 is 0 Å². The highest BCUT2D eigenvalue weighted by atomic mass is 32.1. The summed E-state index contributed by atoms with van der Waals surface area (Å²) >= 11 is 1.83. The number of hydrogen-bond acceptors (Lipinski definition) is 2. The molecule has 3 aromatic rings. The third-order valence-electron chi connectivity index (χ3n) is 3.95. The molecule has 0 aliphatic carbocycles. The van der Waals surface area contributed by atoms with E-state index in [1.807, 2.05) is 17.4 Å². The summed E-state index contributed by atoms with van der Waals surface area (Å²) in [5.41, 5.74) is 2.64. The molecule has 0 fully saturated rings. The van der Waals surface area contributed by atoms with Gasteiger partial charge in [0.25, 0.3) is 0 Å². The maximum absolute atomic E-state index is 5.67. The van der Waals surface area contributed by atoms with E-state index in [0.717, 1.165) is 25.3 Å². The monoisotopic (exact) mass is 312 g/mol. The average molecular weight is 312 g/mol. The van der Waals surface area contributed by atoms with Crippen LogP contribution in [0.2, 0.25) is 0 Å². The molecule has 3 heteroatoms. The van der Waals surface area contributed by atoms with Gasteiger partial charge in [-0.15, -0.1) is 11.3 Å². The first kappa shape index (κ1) is 15.1. The summed E-state index contributed by atoms with van der Waals surface area (Å²) in [6.07, 6.45) is 2.85. The summed E-state index contributed by atoms with van der Waals surface area (Å²) in [7, 11) is 0. The molecule has 1 atom stereocenters. The van der Waals surface area contributed by atoms with Crippen molar-refractivity contribution >= 4 is 11.3 Å². The van der Waals surface area contributed by atoms with Crippen LogP contribution in [0.25, 0.3) is 0 Å². The third-order valence-corrected chi connectivity index (χ3v) is 4.85. The first-order valence-corrected chi connectivity index (χ1v) is 8.65. The maximum atomic E-state index is 5.67. The van der Waals surface area contributed by atoms with Crippen LogP contribution in [0.5, 0.6) is 0 Å². The van der Waals surface area contributed by atoms with Gasteiger partial charge in [0.15, 0.2) is 0 Å². The van der Waals surface area contributed by atoms with Gasteiger partial charge in [0.2, 0.25) is 0 Å². The zero-order chi connectivity index (χ0) is 15.2. The second-order valence-electron chi connectivity index (χ2n) is 5.63. The minimum atomic E-state index is 0.343. The Balaban J connectivity index is 1.63. The fourth-order valence-electron chi connectivity index (χ4n) is 2.72. The molecular weight excluding hydrogens is 290 g/mol. The lowest BCUT2D eigenvalue weighted by Crippen LogP contribution is -2.82. The van der Waals surface area contributed by atoms with Gasteiger partial charge < -0.3 is 9.73 Å². The smallest absolute Gasteiger partial charge is 0.111 e. The number of rotatable bonds is 7. The molecule has 0 saturated heterocycles. The van der Waals surface area contributed by atoms with Crippen molar-refractivity contribution < 1.29 is 9.73 Å². The van der Waals surface area contributed by atoms with Crippen molar-refractivity contribution in [1.29, 1.82) is 0 Å². The standard InChI is InChI=1S/C19H21NOS/c1-15-6-8-16(9-7-15)18(19-5-2-12-21-19)10-11-20-14-17-4-3-13-22-17/h2-9,12-13,18,20H,10-11,14H2,1H3/p+1/t18-/m1/s1. The lowest BCUT2D eigenvalue weighted by Gasteiger charge is -2.14. The van der Waals surface area contributed by atoms with E-state index in [9.17, 15) is 0 Å². The Morgan fingerprint density at radius 1 is 1.09 bits per heavy atom. The summed E-state index contributed by atoms with van der Waals surface area (Å²) in [6.45, 7) is 4.29. The molecule has 0 aliphatic rings. The number of hydrogen-bond donors (Lipinski definition) is 1. The largest absolute Gasteiger partial charge is 0.469 e. The van der Waals surface area contributed by atoms with E-state index < -0.39 is 0 Å². The van der Waals surface area contributed by atoms with E-state index in [1.54, 1.807) is 6.26 Å². The summed E-state index contributed by atoms with van der Waals surface area (Å²) in [4.78, 5) is 1.44. The lowest BCUT2D eigenvalue weighted by atomic mass is 9.92. The number of aryl methyl sites for hydroxylation is 1. The molecule has 2 nitrogen and oxygen atoms in total. The van der Waals surface area contributed by atoms with Gasteiger partial charge in [-0.2, -0.15) is 0 Å². The zero-order valence-electron chi connectivity index (χ0n) is 12.9. The average Bonchev–Trinajstić information content (AvgIpc) is 3.21. The predicted octanol–water partition coefficient (Wildman–Crippen LogP) is 3.94. The molecule has 0 amide bonds. The van der Waals surface area contributed by atoms with E-state index in [1.165, 1.54) is 16.0 Å². The second kappa shape index (κ2) is 7.43. The van der Waals surface area contributed by atoms with Crippen LogP contribution in [0.1, 0.15) is 34.1 Å². The molecule has 3 rings (SSSR count). The minimum absolute atomic E-state index is 0.343. The van der Waals surface area contributed by atoms with Gasteiger partial charge in [-0.3, -0.25) is 0 Å². The van der Waals surface area contributed by atoms with E-state index in [4.69, 9.17) is 4.42 Å². The Labute approximate surface area is 135 Å². The molecule has 2 heterocycles. The molecule has 0 saturated carbocycles. The zero-order valence-corrected chi connectivity index (χ0v) is 13.7. The Morgan fingerprint density at radius 3 is 2.64 bits per heavy atom. The lowest BCUT2D eigenvalue weighted by molar-refractivity contribution is -0.670. The van der Waals surface area contributed by atoms with Gasteiger partial charge in [0.1, 0.15) is 12.3 Å². The van der Waals surface area contributed by atoms with Gasteiger partial charge in [0, 0.05) is 12.3 Å². The van der Waals surface area contributed by atoms with Crippen molar-refractivity contribution in [2.45, 2.75) is 25.8 Å². The van der Waals surface area contributed by atoms with Gasteiger partial charge in [-0.1, -0.05) is 35.9 Å². The SMILES string of the molecule is Cc1ccc([C@@H](CC[NH2+]Cc2cccs2)c2ccco2)cc1. The van der Waals surface area contributed by atoms with Crippen molar-refractivity contribution in [3.05, 3.63) is 81.9 Å². The summed E-state index contributed by atoms with van der Waals surface area (Å²) in [5.74, 6) is 1.41. The Kier molecular flexibility index (Phi) is 5.09. The minimum Gasteiger partial charge on any atom is -0.469 e. The van der Waals surface area contributed by atoms with Crippen molar-refractivity contribution in [1.82, 2.24) is 0 Å². The molecule has 0 aliphatic heterocycles. The molecular formula is C19H22NOS+. The second-order valence-corrected chi connectivity index (χ2v) is 6.66. The molecule has 2 aromatic heterocycles. The number of furan rings is 1. The molecule has 1 aromatic carbocycles. The Morgan fingerprint density at radius 2 is 1.95 bits per heavy atom. The molecule has 114 valence electrons. The van der Waals surface area contributed by atoms with Crippen LogP contribution in [0.4, 0.5) is 0 Å². The molecule has 0 bridgehead atoms. The van der Waals surface area contributed by atoms with Gasteiger partial charge in [-0.05, 0) is 36.1 Å². The molecule has 2 N–H and O–H groups in total. The van der Waals surface area contributed by atoms with Crippen molar-refractivity contribution in [2.75, 3.05) is 6.54 Å². The van der Waals surface area contributed by atoms with Crippen molar-refractivity contribution in [3.8, 4) is 0 Å². The van der Waals surface area contributed by atoms with E-state index in [0.29, 0.717) is 5.92 Å². The van der Waals surface area contributed by atoms with Crippen molar-refractivity contribution in [2.24, 2.45) is 0 Å². The third kappa shape index (κ3) is 3.87. The number of quaternary nitrogens is 1. The summed E-state index contributed by atoms with van der Waals surface area (Å²) in [6, 6.07) is 17.2. The Bertz CT molecular complexity index is 656. The van der Waals surface area contributed by atoms with Gasteiger partial charge in [-0.25, -0.2) is 0 Å². The fraction of sp³-hybridized carbons (Fsp3) is 0.263. The predicted molar refractivity (Wildman–Crippen MR) is 91.2 cm³/mol. The number of nitrogens with two attached hydrogens (primary N) is 1. The molecule has 22 heavy (non-hydrogen) atoms. The highest BCUT2D eigenvalue weighted by molar-refractivity contribution is 7.09. The first-order chi connectivity index (χ1) is 10.8. The molecule has 0 unspecified atom stereocenters. The number of thiophene rings is 1. The van der Waals surface area contributed by atoms with E-state index in [-0.39, 0.29) is 0 Å². The summed E-state index contributed by atoms with van der Waals surface area (Å²) < 4.78 is 5.67. The summed E-state index contributed by atoms with van der Waals surface area (Å²) in [5, 5.41) is 4.52. The fourth-order valence-corrected chi connectivity index (χ4v) is 3.42. The highest BCUT2D eigenvalue weighted by Gasteiger charge is 2.17. The topological polar surface area (TPSA) is 29.8 Å². The van der Waals surface area contributed by atoms with Crippen LogP contribution in [0.3, 0.4) is 0 Å². The van der Waals surface area contributed by atoms with Crippen molar-refractivity contribution in [3.63, 3.8) is 0 Å². The quantitative estimate of drug-likeness (QED) is 0.658. The molecule has 0 spiro atoms. The Hall–Kier alpha value is -1.84. The van der Waals surface area contributed by atoms with Gasteiger partial charge >= 0.3 is 0 Å². The highest BCUT2D eigenvalue weighted by Crippen LogP contribution is 2.27. The normalized spacial score (nSPS) is 12.4. The molecule has 0 radical (unpaired) electrons.